The van der Waals surface area contributed by atoms with Gasteiger partial charge in [-0.05, 0) is 49.9 Å². The lowest BCUT2D eigenvalue weighted by atomic mass is 9.85. The highest BCUT2D eigenvalue weighted by Gasteiger charge is 2.24. The van der Waals surface area contributed by atoms with E-state index in [1.54, 1.807) is 19.2 Å². The minimum Gasteiger partial charge on any atom is -0.494 e. The van der Waals surface area contributed by atoms with Crippen molar-refractivity contribution in [2.45, 2.75) is 26.2 Å². The smallest absolute Gasteiger partial charge is 0.226 e. The lowest BCUT2D eigenvalue weighted by molar-refractivity contribution is -0.119. The van der Waals surface area contributed by atoms with Crippen LogP contribution in [0, 0.1) is 17.7 Å². The van der Waals surface area contributed by atoms with Crippen LogP contribution >= 0.6 is 0 Å². The number of nitrogens with zero attached hydrogens (tertiary/aromatic N) is 1. The summed E-state index contributed by atoms with van der Waals surface area (Å²) in [5, 5.41) is 3.38. The fraction of sp³-hybridized carbons (Fsp3) is 0.588. The molecule has 1 aromatic rings. The molecule has 4 nitrogen and oxygen atoms in total. The fourth-order valence-electron chi connectivity index (χ4n) is 2.95. The van der Waals surface area contributed by atoms with Crippen molar-refractivity contribution in [3.05, 3.63) is 24.0 Å². The molecule has 22 heavy (non-hydrogen) atoms. The Kier molecular flexibility index (Phi) is 5.77. The molecule has 1 aliphatic rings. The first-order chi connectivity index (χ1) is 10.5. The molecule has 1 fully saturated rings. The Bertz CT molecular complexity index is 515. The zero-order valence-electron chi connectivity index (χ0n) is 13.6. The molecule has 0 aromatic heterocycles. The van der Waals surface area contributed by atoms with E-state index in [2.05, 4.69) is 12.2 Å². The maximum Gasteiger partial charge on any atom is 0.226 e. The number of rotatable bonds is 5. The van der Waals surface area contributed by atoms with Gasteiger partial charge in [-0.15, -0.1) is 0 Å². The highest BCUT2D eigenvalue weighted by Crippen LogP contribution is 2.26. The fourth-order valence-corrected chi connectivity index (χ4v) is 2.95. The average Bonchev–Trinajstić information content (AvgIpc) is 2.54. The van der Waals surface area contributed by atoms with Crippen molar-refractivity contribution in [1.29, 1.82) is 0 Å². The van der Waals surface area contributed by atoms with E-state index in [0.717, 1.165) is 13.1 Å². The van der Waals surface area contributed by atoms with E-state index in [-0.39, 0.29) is 11.7 Å². The third-order valence-corrected chi connectivity index (χ3v) is 4.53. The zero-order valence-corrected chi connectivity index (χ0v) is 13.6. The summed E-state index contributed by atoms with van der Waals surface area (Å²) in [4.78, 5) is 13.9. The van der Waals surface area contributed by atoms with Crippen LogP contribution in [-0.2, 0) is 4.79 Å². The molecule has 122 valence electrons. The lowest BCUT2D eigenvalue weighted by Gasteiger charge is -2.29. The van der Waals surface area contributed by atoms with Crippen LogP contribution in [0.2, 0.25) is 0 Å². The summed E-state index contributed by atoms with van der Waals surface area (Å²) in [5.74, 6) is 0.614. The van der Waals surface area contributed by atoms with Crippen LogP contribution in [0.4, 0.5) is 10.1 Å². The van der Waals surface area contributed by atoms with Gasteiger partial charge in [0.2, 0.25) is 5.91 Å². The van der Waals surface area contributed by atoms with Crippen molar-refractivity contribution in [2.24, 2.45) is 11.8 Å². The van der Waals surface area contributed by atoms with Gasteiger partial charge in [0.05, 0.1) is 7.11 Å². The van der Waals surface area contributed by atoms with E-state index in [1.165, 1.54) is 30.9 Å². The summed E-state index contributed by atoms with van der Waals surface area (Å²) in [6, 6.07) is 4.58. The predicted molar refractivity (Wildman–Crippen MR) is 85.7 cm³/mol. The van der Waals surface area contributed by atoms with Gasteiger partial charge in [0.1, 0.15) is 0 Å². The van der Waals surface area contributed by atoms with Gasteiger partial charge in [-0.25, -0.2) is 4.39 Å². The maximum atomic E-state index is 13.8. The predicted octanol–water partition coefficient (Wildman–Crippen LogP) is 2.82. The SMILES string of the molecule is COc1ccc(N(C)C(=O)CC(C)C2CCCNC2)cc1F. The summed E-state index contributed by atoms with van der Waals surface area (Å²) < 4.78 is 18.7. The quantitative estimate of drug-likeness (QED) is 0.909. The molecular formula is C17H25FN2O2. The molecular weight excluding hydrogens is 283 g/mol. The molecule has 2 unspecified atom stereocenters. The van der Waals surface area contributed by atoms with Crippen molar-refractivity contribution >= 4 is 11.6 Å². The van der Waals surface area contributed by atoms with Gasteiger partial charge in [0.15, 0.2) is 11.6 Å². The van der Waals surface area contributed by atoms with Gasteiger partial charge in [0, 0.05) is 25.2 Å². The van der Waals surface area contributed by atoms with Crippen LogP contribution in [-0.4, -0.2) is 33.2 Å². The van der Waals surface area contributed by atoms with E-state index >= 15 is 0 Å². The van der Waals surface area contributed by atoms with Crippen LogP contribution in [0.1, 0.15) is 26.2 Å². The number of ether oxygens (including phenoxy) is 1. The number of carbonyl (C=O) groups excluding carboxylic acids is 1. The van der Waals surface area contributed by atoms with E-state index < -0.39 is 5.82 Å². The number of amides is 1. The number of benzene rings is 1. The molecule has 1 N–H and O–H groups in total. The van der Waals surface area contributed by atoms with Gasteiger partial charge >= 0.3 is 0 Å². The minimum absolute atomic E-state index is 0.0163. The van der Waals surface area contributed by atoms with Crippen molar-refractivity contribution in [1.82, 2.24) is 5.32 Å². The second-order valence-corrected chi connectivity index (χ2v) is 6.06. The van der Waals surface area contributed by atoms with Crippen molar-refractivity contribution in [3.8, 4) is 5.75 Å². The summed E-state index contributed by atoms with van der Waals surface area (Å²) in [6.45, 7) is 4.18. The number of hydrogen-bond acceptors (Lipinski definition) is 3. The van der Waals surface area contributed by atoms with Crippen LogP contribution in [0.15, 0.2) is 18.2 Å². The normalized spacial score (nSPS) is 19.5. The Labute approximate surface area is 131 Å². The first-order valence-electron chi connectivity index (χ1n) is 7.83. The zero-order chi connectivity index (χ0) is 16.1. The van der Waals surface area contributed by atoms with Crippen LogP contribution in [0.25, 0.3) is 0 Å². The number of methoxy groups -OCH3 is 1. The van der Waals surface area contributed by atoms with Gasteiger partial charge in [-0.2, -0.15) is 0 Å². The molecule has 0 radical (unpaired) electrons. The molecule has 1 aromatic carbocycles. The number of hydrogen-bond donors (Lipinski definition) is 1. The topological polar surface area (TPSA) is 41.6 Å². The highest BCUT2D eigenvalue weighted by molar-refractivity contribution is 5.93. The second kappa shape index (κ2) is 7.58. The van der Waals surface area contributed by atoms with E-state index in [0.29, 0.717) is 23.9 Å². The van der Waals surface area contributed by atoms with Crippen molar-refractivity contribution in [3.63, 3.8) is 0 Å². The maximum absolute atomic E-state index is 13.8. The van der Waals surface area contributed by atoms with Crippen molar-refractivity contribution in [2.75, 3.05) is 32.1 Å². The number of halogens is 1. The van der Waals surface area contributed by atoms with Crippen LogP contribution in [0.3, 0.4) is 0 Å². The van der Waals surface area contributed by atoms with E-state index in [4.69, 9.17) is 4.74 Å². The first-order valence-corrected chi connectivity index (χ1v) is 7.83. The molecule has 1 aliphatic heterocycles. The number of piperidine rings is 1. The Morgan fingerprint density at radius 2 is 2.32 bits per heavy atom. The monoisotopic (exact) mass is 308 g/mol. The molecule has 0 bridgehead atoms. The average molecular weight is 308 g/mol. The number of carbonyl (C=O) groups is 1. The number of nitrogens with one attached hydrogen (secondary N) is 1. The number of anilines is 1. The van der Waals surface area contributed by atoms with E-state index in [9.17, 15) is 9.18 Å². The second-order valence-electron chi connectivity index (χ2n) is 6.06. The lowest BCUT2D eigenvalue weighted by Crippen LogP contribution is -2.36. The summed E-state index contributed by atoms with van der Waals surface area (Å²) in [5.41, 5.74) is 0.553. The van der Waals surface area contributed by atoms with Crippen molar-refractivity contribution < 1.29 is 13.9 Å². The Morgan fingerprint density at radius 3 is 2.91 bits per heavy atom. The first kappa shape index (κ1) is 16.7. The third-order valence-electron chi connectivity index (χ3n) is 4.53. The standard InChI is InChI=1S/C17H25FN2O2/c1-12(13-5-4-8-19-11-13)9-17(21)20(2)14-6-7-16(22-3)15(18)10-14/h6-7,10,12-13,19H,4-5,8-9,11H2,1-3H3. The van der Waals surface area contributed by atoms with Crippen LogP contribution < -0.4 is 15.0 Å². The molecule has 0 spiro atoms. The highest BCUT2D eigenvalue weighted by atomic mass is 19.1. The van der Waals surface area contributed by atoms with Gasteiger partial charge in [-0.1, -0.05) is 6.92 Å². The molecule has 1 saturated heterocycles. The molecule has 0 aliphatic carbocycles. The molecule has 2 rings (SSSR count). The minimum atomic E-state index is -0.454. The molecule has 2 atom stereocenters. The summed E-state index contributed by atoms with van der Waals surface area (Å²) >= 11 is 0. The third kappa shape index (κ3) is 3.97. The molecule has 1 heterocycles. The Morgan fingerprint density at radius 1 is 1.55 bits per heavy atom. The summed E-state index contributed by atoms with van der Waals surface area (Å²) in [6.07, 6.45) is 2.82. The summed E-state index contributed by atoms with van der Waals surface area (Å²) in [7, 11) is 3.11. The van der Waals surface area contributed by atoms with E-state index in [1.807, 2.05) is 0 Å². The Hall–Kier alpha value is -1.62. The van der Waals surface area contributed by atoms with Gasteiger partial charge in [0.25, 0.3) is 0 Å². The molecule has 1 amide bonds. The molecule has 0 saturated carbocycles. The van der Waals surface area contributed by atoms with Crippen LogP contribution in [0.5, 0.6) is 5.75 Å². The molecule has 5 heteroatoms. The van der Waals surface area contributed by atoms with Gasteiger partial charge in [-0.3, -0.25) is 4.79 Å². The largest absolute Gasteiger partial charge is 0.494 e. The Balaban J connectivity index is 1.97. The van der Waals surface area contributed by atoms with Gasteiger partial charge < -0.3 is 15.0 Å².